The van der Waals surface area contributed by atoms with Crippen molar-refractivity contribution in [2.45, 2.75) is 12.6 Å². The fraction of sp³-hybridized carbons (Fsp3) is 0.261. The molecule has 1 fully saturated rings. The summed E-state index contributed by atoms with van der Waals surface area (Å²) >= 11 is 0. The van der Waals surface area contributed by atoms with E-state index in [1.165, 1.54) is 18.2 Å². The van der Waals surface area contributed by atoms with E-state index in [2.05, 4.69) is 9.88 Å². The molecule has 2 heterocycles. The highest BCUT2D eigenvalue weighted by molar-refractivity contribution is 5.57. The van der Waals surface area contributed by atoms with Crippen LogP contribution in [0.3, 0.4) is 0 Å². The molecule has 6 heteroatoms. The summed E-state index contributed by atoms with van der Waals surface area (Å²) < 4.78 is 27.9. The van der Waals surface area contributed by atoms with Crippen molar-refractivity contribution in [1.82, 2.24) is 9.88 Å². The Hall–Kier alpha value is -2.83. The number of halogens is 2. The lowest BCUT2D eigenvalue weighted by Gasteiger charge is -2.37. The highest BCUT2D eigenvalue weighted by Crippen LogP contribution is 2.33. The second kappa shape index (κ2) is 8.68. The molecule has 1 aliphatic rings. The summed E-state index contributed by atoms with van der Waals surface area (Å²) in [7, 11) is 0. The second-order valence-corrected chi connectivity index (χ2v) is 7.22. The topological polar surface area (TPSA) is 39.6 Å². The van der Waals surface area contributed by atoms with E-state index < -0.39 is 6.10 Å². The predicted octanol–water partition coefficient (Wildman–Crippen LogP) is 3.76. The van der Waals surface area contributed by atoms with Gasteiger partial charge in [-0.05, 0) is 35.9 Å². The molecular weight excluding hydrogens is 372 g/mol. The number of aromatic nitrogens is 1. The van der Waals surface area contributed by atoms with Gasteiger partial charge in [-0.1, -0.05) is 30.3 Å². The molecule has 0 radical (unpaired) electrons. The Kier molecular flexibility index (Phi) is 5.83. The van der Waals surface area contributed by atoms with E-state index >= 15 is 0 Å². The summed E-state index contributed by atoms with van der Waals surface area (Å²) in [5, 5.41) is 10.8. The molecule has 29 heavy (non-hydrogen) atoms. The zero-order valence-electron chi connectivity index (χ0n) is 16.0. The molecule has 0 amide bonds. The Morgan fingerprint density at radius 3 is 2.34 bits per heavy atom. The zero-order valence-corrected chi connectivity index (χ0v) is 16.0. The van der Waals surface area contributed by atoms with Crippen LogP contribution in [-0.4, -0.2) is 41.2 Å². The van der Waals surface area contributed by atoms with E-state index in [9.17, 15) is 13.9 Å². The lowest BCUT2D eigenvalue weighted by molar-refractivity contribution is 0.213. The Morgan fingerprint density at radius 1 is 0.897 bits per heavy atom. The minimum absolute atomic E-state index is 0.239. The van der Waals surface area contributed by atoms with E-state index in [-0.39, 0.29) is 11.6 Å². The van der Waals surface area contributed by atoms with E-state index in [0.717, 1.165) is 25.2 Å². The van der Waals surface area contributed by atoms with Crippen molar-refractivity contribution in [1.29, 1.82) is 0 Å². The number of pyridine rings is 1. The highest BCUT2D eigenvalue weighted by atomic mass is 19.1. The number of piperazine rings is 1. The first-order valence-corrected chi connectivity index (χ1v) is 9.71. The number of rotatable bonds is 5. The fourth-order valence-electron chi connectivity index (χ4n) is 3.76. The van der Waals surface area contributed by atoms with Gasteiger partial charge in [-0.15, -0.1) is 0 Å². The van der Waals surface area contributed by atoms with Crippen molar-refractivity contribution in [2.24, 2.45) is 0 Å². The summed E-state index contributed by atoms with van der Waals surface area (Å²) in [6.07, 6.45) is 0.630. The molecule has 1 N–H and O–H groups in total. The molecule has 1 atom stereocenters. The molecule has 1 saturated heterocycles. The molecule has 0 saturated carbocycles. The summed E-state index contributed by atoms with van der Waals surface area (Å²) in [6.45, 7) is 3.53. The maximum Gasteiger partial charge on any atom is 0.146 e. The van der Waals surface area contributed by atoms with Crippen molar-refractivity contribution < 1.29 is 13.9 Å². The van der Waals surface area contributed by atoms with Crippen LogP contribution in [0.15, 0.2) is 66.9 Å². The van der Waals surface area contributed by atoms with Gasteiger partial charge in [0, 0.05) is 44.5 Å². The van der Waals surface area contributed by atoms with Gasteiger partial charge in [-0.3, -0.25) is 9.88 Å². The first-order chi connectivity index (χ1) is 14.1. The smallest absolute Gasteiger partial charge is 0.146 e. The van der Waals surface area contributed by atoms with E-state index in [1.54, 1.807) is 48.7 Å². The predicted molar refractivity (Wildman–Crippen MR) is 109 cm³/mol. The number of aliphatic hydroxyl groups is 1. The van der Waals surface area contributed by atoms with Gasteiger partial charge in [0.15, 0.2) is 0 Å². The Morgan fingerprint density at radius 2 is 1.66 bits per heavy atom. The molecule has 4 rings (SSSR count). The van der Waals surface area contributed by atoms with Crippen LogP contribution in [0.2, 0.25) is 0 Å². The van der Waals surface area contributed by atoms with Gasteiger partial charge in [0.1, 0.15) is 17.7 Å². The van der Waals surface area contributed by atoms with Crippen molar-refractivity contribution >= 4 is 5.69 Å². The highest BCUT2D eigenvalue weighted by Gasteiger charge is 2.25. The van der Waals surface area contributed by atoms with Crippen LogP contribution < -0.4 is 4.90 Å². The summed E-state index contributed by atoms with van der Waals surface area (Å²) in [6, 6.07) is 16.6. The van der Waals surface area contributed by atoms with Gasteiger partial charge in [-0.2, -0.15) is 0 Å². The fourth-order valence-corrected chi connectivity index (χ4v) is 3.76. The summed E-state index contributed by atoms with van der Waals surface area (Å²) in [5.74, 6) is -0.582. The number of nitrogens with zero attached hydrogens (tertiary/aromatic N) is 3. The van der Waals surface area contributed by atoms with Crippen molar-refractivity contribution in [2.75, 3.05) is 31.1 Å². The molecule has 2 aromatic carbocycles. The number of hydrogen-bond donors (Lipinski definition) is 1. The van der Waals surface area contributed by atoms with E-state index in [4.69, 9.17) is 0 Å². The zero-order chi connectivity index (χ0) is 20.2. The van der Waals surface area contributed by atoms with Crippen LogP contribution in [0.4, 0.5) is 14.5 Å². The molecule has 4 nitrogen and oxygen atoms in total. The van der Waals surface area contributed by atoms with Crippen LogP contribution >= 0.6 is 0 Å². The third kappa shape index (κ3) is 4.44. The monoisotopic (exact) mass is 395 g/mol. The lowest BCUT2D eigenvalue weighted by atomic mass is 10.0. The van der Waals surface area contributed by atoms with Crippen LogP contribution in [0.1, 0.15) is 22.9 Å². The van der Waals surface area contributed by atoms with Gasteiger partial charge >= 0.3 is 0 Å². The molecule has 150 valence electrons. The summed E-state index contributed by atoms with van der Waals surface area (Å²) in [4.78, 5) is 8.46. The molecule has 0 unspecified atom stereocenters. The average Bonchev–Trinajstić information content (AvgIpc) is 2.76. The minimum atomic E-state index is -0.987. The van der Waals surface area contributed by atoms with Gasteiger partial charge in [0.25, 0.3) is 0 Å². The van der Waals surface area contributed by atoms with Gasteiger partial charge in [0.05, 0.1) is 11.4 Å². The molecular formula is C23H23F2N3O. The number of benzene rings is 2. The average molecular weight is 395 g/mol. The first-order valence-electron chi connectivity index (χ1n) is 9.71. The van der Waals surface area contributed by atoms with Crippen LogP contribution in [0.5, 0.6) is 0 Å². The first kappa shape index (κ1) is 19.5. The van der Waals surface area contributed by atoms with Crippen molar-refractivity contribution in [3.63, 3.8) is 0 Å². The summed E-state index contributed by atoms with van der Waals surface area (Å²) in [5.41, 5.74) is 2.51. The number of para-hydroxylation sites is 1. The molecule has 0 spiro atoms. The number of anilines is 1. The Bertz CT molecular complexity index is 942. The third-order valence-corrected chi connectivity index (χ3v) is 5.29. The standard InChI is InChI=1S/C23H23F2N3O/c24-18-9-7-17(8-10-18)16-27-12-14-28(15-13-27)22-19(4-3-5-20(22)25)23(29)21-6-1-2-11-26-21/h1-11,23,29H,12-16H2/t23-/m0/s1. The maximum absolute atomic E-state index is 14.8. The molecule has 1 aliphatic heterocycles. The molecule has 0 bridgehead atoms. The van der Waals surface area contributed by atoms with E-state index in [1.807, 2.05) is 4.90 Å². The van der Waals surface area contributed by atoms with E-state index in [0.29, 0.717) is 30.0 Å². The Labute approximate surface area is 169 Å². The maximum atomic E-state index is 14.8. The van der Waals surface area contributed by atoms with Crippen LogP contribution in [0, 0.1) is 11.6 Å². The minimum Gasteiger partial charge on any atom is -0.382 e. The Balaban J connectivity index is 1.49. The SMILES string of the molecule is O[C@H](c1ccccn1)c1cccc(F)c1N1CCN(Cc2ccc(F)cc2)CC1. The van der Waals surface area contributed by atoms with Crippen LogP contribution in [0.25, 0.3) is 0 Å². The molecule has 1 aromatic heterocycles. The lowest BCUT2D eigenvalue weighted by Crippen LogP contribution is -2.46. The van der Waals surface area contributed by atoms with Crippen molar-refractivity contribution in [3.05, 3.63) is 95.3 Å². The van der Waals surface area contributed by atoms with Gasteiger partial charge in [-0.25, -0.2) is 8.78 Å². The quantitative estimate of drug-likeness (QED) is 0.714. The molecule has 3 aromatic rings. The van der Waals surface area contributed by atoms with Crippen LogP contribution in [-0.2, 0) is 6.54 Å². The third-order valence-electron chi connectivity index (χ3n) is 5.29. The largest absolute Gasteiger partial charge is 0.382 e. The second-order valence-electron chi connectivity index (χ2n) is 7.22. The van der Waals surface area contributed by atoms with Crippen molar-refractivity contribution in [3.8, 4) is 0 Å². The van der Waals surface area contributed by atoms with Gasteiger partial charge in [0.2, 0.25) is 0 Å². The normalized spacial score (nSPS) is 16.0. The number of aliphatic hydroxyl groups excluding tert-OH is 1. The number of hydrogen-bond acceptors (Lipinski definition) is 4. The van der Waals surface area contributed by atoms with Gasteiger partial charge < -0.3 is 10.0 Å². The molecule has 0 aliphatic carbocycles.